The Bertz CT molecular complexity index is 219. The average Bonchev–Trinajstić information content (AvgIpc) is 2.75. The molecule has 2 aliphatic rings. The van der Waals surface area contributed by atoms with Crippen LogP contribution in [-0.4, -0.2) is 24.6 Å². The molecule has 0 amide bonds. The Kier molecular flexibility index (Phi) is 2.94. The highest BCUT2D eigenvalue weighted by atomic mass is 15.2. The maximum absolute atomic E-state index is 4.42. The van der Waals surface area contributed by atoms with Crippen LogP contribution in [0.1, 0.15) is 39.5 Å². The summed E-state index contributed by atoms with van der Waals surface area (Å²) in [5.41, 5.74) is 0. The van der Waals surface area contributed by atoms with Gasteiger partial charge in [0, 0.05) is 12.1 Å². The highest BCUT2D eigenvalue weighted by molar-refractivity contribution is 5.81. The molecule has 0 saturated heterocycles. The lowest BCUT2D eigenvalue weighted by Gasteiger charge is -2.21. The fraction of sp³-hybridized carbons (Fsp3) is 0.909. The van der Waals surface area contributed by atoms with Crippen LogP contribution in [0.5, 0.6) is 0 Å². The summed E-state index contributed by atoms with van der Waals surface area (Å²) in [5.74, 6) is 1.87. The second kappa shape index (κ2) is 4.20. The summed E-state index contributed by atoms with van der Waals surface area (Å²) in [4.78, 5) is 4.42. The molecule has 0 radical (unpaired) electrons. The van der Waals surface area contributed by atoms with Gasteiger partial charge >= 0.3 is 0 Å². The monoisotopic (exact) mass is 195 g/mol. The summed E-state index contributed by atoms with van der Waals surface area (Å²) in [6.45, 7) is 5.36. The Morgan fingerprint density at radius 1 is 1.43 bits per heavy atom. The van der Waals surface area contributed by atoms with Gasteiger partial charge in [0.25, 0.3) is 0 Å². The van der Waals surface area contributed by atoms with Crippen LogP contribution >= 0.6 is 0 Å². The fourth-order valence-electron chi connectivity index (χ4n) is 2.43. The first kappa shape index (κ1) is 9.81. The number of nitrogens with one attached hydrogen (secondary N) is 2. The molecule has 0 bridgehead atoms. The summed E-state index contributed by atoms with van der Waals surface area (Å²) < 4.78 is 0. The number of hydrogen-bond acceptors (Lipinski definition) is 3. The first-order valence-electron chi connectivity index (χ1n) is 5.83. The first-order valence-corrected chi connectivity index (χ1v) is 5.83. The molecule has 1 heterocycles. The number of nitrogens with zero attached hydrogens (tertiary/aromatic N) is 1. The quantitative estimate of drug-likeness (QED) is 0.700. The van der Waals surface area contributed by atoms with E-state index >= 15 is 0 Å². The van der Waals surface area contributed by atoms with E-state index in [-0.39, 0.29) is 0 Å². The Balaban J connectivity index is 1.79. The molecule has 2 atom stereocenters. The SMILES string of the molecule is CC1CN=C(N[C@H](C)C2CCCC2)N1. The van der Waals surface area contributed by atoms with Crippen molar-refractivity contribution in [3.63, 3.8) is 0 Å². The van der Waals surface area contributed by atoms with Gasteiger partial charge in [-0.1, -0.05) is 12.8 Å². The molecule has 2 N–H and O–H groups in total. The zero-order valence-electron chi connectivity index (χ0n) is 9.21. The Hall–Kier alpha value is -0.730. The van der Waals surface area contributed by atoms with E-state index < -0.39 is 0 Å². The van der Waals surface area contributed by atoms with E-state index in [1.54, 1.807) is 0 Å². The third kappa shape index (κ3) is 2.20. The molecular weight excluding hydrogens is 174 g/mol. The summed E-state index contributed by atoms with van der Waals surface area (Å²) >= 11 is 0. The van der Waals surface area contributed by atoms with Gasteiger partial charge in [-0.25, -0.2) is 0 Å². The van der Waals surface area contributed by atoms with Crippen LogP contribution in [0.25, 0.3) is 0 Å². The highest BCUT2D eigenvalue weighted by Gasteiger charge is 2.23. The molecule has 1 aliphatic heterocycles. The number of hydrogen-bond donors (Lipinski definition) is 2. The third-order valence-corrected chi connectivity index (χ3v) is 3.38. The van der Waals surface area contributed by atoms with Crippen LogP contribution in [0, 0.1) is 5.92 Å². The first-order chi connectivity index (χ1) is 6.75. The van der Waals surface area contributed by atoms with Crippen molar-refractivity contribution in [1.29, 1.82) is 0 Å². The summed E-state index contributed by atoms with van der Waals surface area (Å²) in [7, 11) is 0. The maximum Gasteiger partial charge on any atom is 0.191 e. The lowest BCUT2D eigenvalue weighted by molar-refractivity contribution is 0.423. The van der Waals surface area contributed by atoms with E-state index in [0.717, 1.165) is 18.4 Å². The molecule has 0 aromatic heterocycles. The van der Waals surface area contributed by atoms with Gasteiger partial charge in [0.2, 0.25) is 0 Å². The van der Waals surface area contributed by atoms with Gasteiger partial charge in [0.1, 0.15) is 0 Å². The summed E-state index contributed by atoms with van der Waals surface area (Å²) in [6.07, 6.45) is 5.59. The molecule has 3 nitrogen and oxygen atoms in total. The number of rotatable bonds is 2. The molecule has 80 valence electrons. The van der Waals surface area contributed by atoms with Gasteiger partial charge < -0.3 is 10.6 Å². The van der Waals surface area contributed by atoms with Crippen LogP contribution in [0.2, 0.25) is 0 Å². The minimum atomic E-state index is 0.508. The molecule has 3 heteroatoms. The molecule has 0 spiro atoms. The Morgan fingerprint density at radius 3 is 2.71 bits per heavy atom. The number of guanidine groups is 1. The summed E-state index contributed by atoms with van der Waals surface area (Å²) in [5, 5.41) is 6.84. The van der Waals surface area contributed by atoms with Crippen LogP contribution < -0.4 is 10.6 Å². The van der Waals surface area contributed by atoms with Gasteiger partial charge in [-0.15, -0.1) is 0 Å². The molecular formula is C11H21N3. The van der Waals surface area contributed by atoms with Gasteiger partial charge in [0.05, 0.1) is 6.54 Å². The van der Waals surface area contributed by atoms with E-state index in [1.165, 1.54) is 25.7 Å². The molecule has 14 heavy (non-hydrogen) atoms. The lowest BCUT2D eigenvalue weighted by Crippen LogP contribution is -2.44. The second-order valence-electron chi connectivity index (χ2n) is 4.71. The van der Waals surface area contributed by atoms with Crippen molar-refractivity contribution in [2.75, 3.05) is 6.54 Å². The van der Waals surface area contributed by atoms with Crippen molar-refractivity contribution in [2.24, 2.45) is 10.9 Å². The number of aliphatic imine (C=N–C) groups is 1. The molecule has 0 aromatic carbocycles. The van der Waals surface area contributed by atoms with E-state index in [0.29, 0.717) is 12.1 Å². The molecule has 1 fully saturated rings. The van der Waals surface area contributed by atoms with Gasteiger partial charge in [-0.2, -0.15) is 0 Å². The van der Waals surface area contributed by atoms with Crippen LogP contribution in [-0.2, 0) is 0 Å². The highest BCUT2D eigenvalue weighted by Crippen LogP contribution is 2.27. The zero-order valence-corrected chi connectivity index (χ0v) is 9.21. The normalized spacial score (nSPS) is 29.9. The molecule has 1 aliphatic carbocycles. The molecule has 0 aromatic rings. The smallest absolute Gasteiger partial charge is 0.191 e. The van der Waals surface area contributed by atoms with E-state index in [9.17, 15) is 0 Å². The second-order valence-corrected chi connectivity index (χ2v) is 4.71. The maximum atomic E-state index is 4.42. The van der Waals surface area contributed by atoms with Crippen LogP contribution in [0.4, 0.5) is 0 Å². The van der Waals surface area contributed by atoms with E-state index in [2.05, 4.69) is 29.5 Å². The fourth-order valence-corrected chi connectivity index (χ4v) is 2.43. The molecule has 2 rings (SSSR count). The van der Waals surface area contributed by atoms with Crippen molar-refractivity contribution < 1.29 is 0 Å². The lowest BCUT2D eigenvalue weighted by atomic mass is 10.0. The third-order valence-electron chi connectivity index (χ3n) is 3.38. The van der Waals surface area contributed by atoms with Crippen molar-refractivity contribution in [1.82, 2.24) is 10.6 Å². The zero-order chi connectivity index (χ0) is 9.97. The van der Waals surface area contributed by atoms with Crippen molar-refractivity contribution in [3.05, 3.63) is 0 Å². The largest absolute Gasteiger partial charge is 0.354 e. The minimum absolute atomic E-state index is 0.508. The summed E-state index contributed by atoms with van der Waals surface area (Å²) in [6, 6.07) is 1.09. The Labute approximate surface area is 86.4 Å². The average molecular weight is 195 g/mol. The van der Waals surface area contributed by atoms with Crippen molar-refractivity contribution in [2.45, 2.75) is 51.6 Å². The minimum Gasteiger partial charge on any atom is -0.354 e. The van der Waals surface area contributed by atoms with Gasteiger partial charge in [-0.3, -0.25) is 4.99 Å². The van der Waals surface area contributed by atoms with Crippen molar-refractivity contribution in [3.8, 4) is 0 Å². The molecule has 1 unspecified atom stereocenters. The van der Waals surface area contributed by atoms with E-state index in [1.807, 2.05) is 0 Å². The van der Waals surface area contributed by atoms with Gasteiger partial charge in [-0.05, 0) is 32.6 Å². The van der Waals surface area contributed by atoms with E-state index in [4.69, 9.17) is 0 Å². The van der Waals surface area contributed by atoms with Crippen LogP contribution in [0.15, 0.2) is 4.99 Å². The van der Waals surface area contributed by atoms with Gasteiger partial charge in [0.15, 0.2) is 5.96 Å². The molecule has 1 saturated carbocycles. The standard InChI is InChI=1S/C11H21N3/c1-8-7-12-11(13-8)14-9(2)10-5-3-4-6-10/h8-10H,3-7H2,1-2H3,(H2,12,13,14)/t8?,9-/m1/s1. The predicted molar refractivity (Wildman–Crippen MR) is 59.5 cm³/mol. The van der Waals surface area contributed by atoms with Crippen molar-refractivity contribution >= 4 is 5.96 Å². The predicted octanol–water partition coefficient (Wildman–Crippen LogP) is 1.50. The van der Waals surface area contributed by atoms with Crippen LogP contribution in [0.3, 0.4) is 0 Å². The topological polar surface area (TPSA) is 36.4 Å². The Morgan fingerprint density at radius 2 is 2.14 bits per heavy atom.